The zero-order valence-electron chi connectivity index (χ0n) is 10.8. The molecule has 19 heavy (non-hydrogen) atoms. The van der Waals surface area contributed by atoms with Crippen molar-refractivity contribution >= 4 is 17.3 Å². The summed E-state index contributed by atoms with van der Waals surface area (Å²) >= 11 is 0. The van der Waals surface area contributed by atoms with Crippen LogP contribution in [0, 0.1) is 12.7 Å². The quantitative estimate of drug-likeness (QED) is 0.885. The molecule has 0 aliphatic rings. The molecular formula is C13H15FN4O. The molecule has 0 amide bonds. The van der Waals surface area contributed by atoms with E-state index >= 15 is 0 Å². The third-order valence-corrected chi connectivity index (χ3v) is 2.45. The van der Waals surface area contributed by atoms with Gasteiger partial charge >= 0.3 is 0 Å². The molecule has 0 unspecified atom stereocenters. The van der Waals surface area contributed by atoms with Crippen LogP contribution in [0.3, 0.4) is 0 Å². The number of anilines is 3. The highest BCUT2D eigenvalue weighted by molar-refractivity contribution is 5.59. The molecule has 0 radical (unpaired) electrons. The van der Waals surface area contributed by atoms with Gasteiger partial charge in [-0.2, -0.15) is 0 Å². The number of nitrogens with two attached hydrogens (primary N) is 1. The van der Waals surface area contributed by atoms with Gasteiger partial charge in [-0.3, -0.25) is 0 Å². The van der Waals surface area contributed by atoms with Crippen molar-refractivity contribution in [2.45, 2.75) is 13.5 Å². The molecular weight excluding hydrogens is 247 g/mol. The lowest BCUT2D eigenvalue weighted by Crippen LogP contribution is -2.05. The van der Waals surface area contributed by atoms with E-state index in [4.69, 9.17) is 10.5 Å². The maximum absolute atomic E-state index is 13.6. The number of nitrogens with zero attached hydrogens (tertiary/aromatic N) is 2. The van der Waals surface area contributed by atoms with Gasteiger partial charge in [0.25, 0.3) is 0 Å². The van der Waals surface area contributed by atoms with Crippen LogP contribution in [-0.4, -0.2) is 17.1 Å². The Hall–Kier alpha value is -2.21. The predicted molar refractivity (Wildman–Crippen MR) is 71.6 cm³/mol. The number of ether oxygens (including phenoxy) is 1. The minimum Gasteiger partial charge on any atom is -0.384 e. The number of hydrogen-bond donors (Lipinski definition) is 2. The summed E-state index contributed by atoms with van der Waals surface area (Å²) < 4.78 is 18.6. The zero-order chi connectivity index (χ0) is 13.8. The molecule has 6 heteroatoms. The van der Waals surface area contributed by atoms with Crippen LogP contribution in [0.1, 0.15) is 11.4 Å². The standard InChI is InChI=1S/C13H15FN4O/c1-8-3-4-9(14)10(5-8)16-12-6-11(15)17-13(18-12)7-19-2/h3-6H,7H2,1-2H3,(H3,15,16,17,18). The highest BCUT2D eigenvalue weighted by Gasteiger charge is 2.06. The molecule has 0 bridgehead atoms. The Morgan fingerprint density at radius 2 is 2.11 bits per heavy atom. The molecule has 2 aromatic rings. The van der Waals surface area contributed by atoms with Gasteiger partial charge in [0, 0.05) is 13.2 Å². The molecule has 0 aliphatic carbocycles. The van der Waals surface area contributed by atoms with Gasteiger partial charge in [-0.05, 0) is 24.6 Å². The van der Waals surface area contributed by atoms with Crippen LogP contribution in [-0.2, 0) is 11.3 Å². The van der Waals surface area contributed by atoms with E-state index < -0.39 is 0 Å². The summed E-state index contributed by atoms with van der Waals surface area (Å²) in [5.41, 5.74) is 6.97. The SMILES string of the molecule is COCc1nc(N)cc(Nc2cc(C)ccc2F)n1. The number of rotatable bonds is 4. The largest absolute Gasteiger partial charge is 0.384 e. The number of aromatic nitrogens is 2. The lowest BCUT2D eigenvalue weighted by Gasteiger charge is -2.09. The highest BCUT2D eigenvalue weighted by Crippen LogP contribution is 2.21. The lowest BCUT2D eigenvalue weighted by molar-refractivity contribution is 0.178. The number of nitrogens with one attached hydrogen (secondary N) is 1. The number of aryl methyl sites for hydroxylation is 1. The fraction of sp³-hybridized carbons (Fsp3) is 0.231. The second-order valence-electron chi connectivity index (χ2n) is 4.14. The van der Waals surface area contributed by atoms with E-state index in [9.17, 15) is 4.39 Å². The molecule has 0 fully saturated rings. The third kappa shape index (κ3) is 3.38. The number of benzene rings is 1. The normalized spacial score (nSPS) is 10.5. The Morgan fingerprint density at radius 3 is 2.84 bits per heavy atom. The van der Waals surface area contributed by atoms with Gasteiger partial charge in [0.2, 0.25) is 0 Å². The van der Waals surface area contributed by atoms with Crippen LogP contribution >= 0.6 is 0 Å². The number of nitrogen functional groups attached to an aromatic ring is 1. The summed E-state index contributed by atoms with van der Waals surface area (Å²) in [6.45, 7) is 2.13. The van der Waals surface area contributed by atoms with Crippen LogP contribution in [0.4, 0.5) is 21.7 Å². The molecule has 100 valence electrons. The summed E-state index contributed by atoms with van der Waals surface area (Å²) in [4.78, 5) is 8.21. The summed E-state index contributed by atoms with van der Waals surface area (Å²) in [5.74, 6) is 0.829. The van der Waals surface area contributed by atoms with Gasteiger partial charge in [0.15, 0.2) is 5.82 Å². The maximum atomic E-state index is 13.6. The van der Waals surface area contributed by atoms with Gasteiger partial charge in [-0.1, -0.05) is 6.07 Å². The van der Waals surface area contributed by atoms with Crippen LogP contribution in [0.25, 0.3) is 0 Å². The van der Waals surface area contributed by atoms with Crippen LogP contribution < -0.4 is 11.1 Å². The minimum atomic E-state index is -0.351. The fourth-order valence-corrected chi connectivity index (χ4v) is 1.65. The fourth-order valence-electron chi connectivity index (χ4n) is 1.65. The number of methoxy groups -OCH3 is 1. The molecule has 1 aromatic heterocycles. The van der Waals surface area contributed by atoms with Crippen molar-refractivity contribution in [2.75, 3.05) is 18.2 Å². The second kappa shape index (κ2) is 5.62. The van der Waals surface area contributed by atoms with Gasteiger partial charge in [-0.15, -0.1) is 0 Å². The zero-order valence-corrected chi connectivity index (χ0v) is 10.8. The van der Waals surface area contributed by atoms with Gasteiger partial charge in [0.05, 0.1) is 5.69 Å². The maximum Gasteiger partial charge on any atom is 0.158 e. The van der Waals surface area contributed by atoms with Gasteiger partial charge in [-0.25, -0.2) is 14.4 Å². The first kappa shape index (κ1) is 13.2. The summed E-state index contributed by atoms with van der Waals surface area (Å²) in [7, 11) is 1.54. The van der Waals surface area contributed by atoms with E-state index in [1.807, 2.05) is 6.92 Å². The minimum absolute atomic E-state index is 0.246. The van der Waals surface area contributed by atoms with E-state index in [0.29, 0.717) is 23.1 Å². The molecule has 2 rings (SSSR count). The van der Waals surface area contributed by atoms with Crippen molar-refractivity contribution in [3.05, 3.63) is 41.5 Å². The first-order chi connectivity index (χ1) is 9.08. The van der Waals surface area contributed by atoms with Crippen molar-refractivity contribution in [3.63, 3.8) is 0 Å². The molecule has 3 N–H and O–H groups in total. The topological polar surface area (TPSA) is 73.1 Å². The molecule has 0 aliphatic heterocycles. The van der Waals surface area contributed by atoms with Crippen molar-refractivity contribution in [1.29, 1.82) is 0 Å². The Balaban J connectivity index is 2.29. The monoisotopic (exact) mass is 262 g/mol. The lowest BCUT2D eigenvalue weighted by atomic mass is 10.2. The van der Waals surface area contributed by atoms with Crippen LogP contribution in [0.15, 0.2) is 24.3 Å². The molecule has 0 saturated heterocycles. The van der Waals surface area contributed by atoms with E-state index in [1.165, 1.54) is 6.07 Å². The molecule has 1 heterocycles. The van der Waals surface area contributed by atoms with E-state index in [0.717, 1.165) is 5.56 Å². The van der Waals surface area contributed by atoms with Gasteiger partial charge in [0.1, 0.15) is 24.1 Å². The first-order valence-electron chi connectivity index (χ1n) is 5.74. The van der Waals surface area contributed by atoms with Crippen molar-refractivity contribution in [2.24, 2.45) is 0 Å². The van der Waals surface area contributed by atoms with E-state index in [2.05, 4.69) is 15.3 Å². The Bertz CT molecular complexity index is 589. The second-order valence-corrected chi connectivity index (χ2v) is 4.14. The highest BCUT2D eigenvalue weighted by atomic mass is 19.1. The molecule has 1 aromatic carbocycles. The summed E-state index contributed by atoms with van der Waals surface area (Å²) in [6, 6.07) is 6.34. The predicted octanol–water partition coefficient (Wildman–Crippen LogP) is 2.40. The Labute approximate surface area is 110 Å². The number of hydrogen-bond acceptors (Lipinski definition) is 5. The van der Waals surface area contributed by atoms with Gasteiger partial charge < -0.3 is 15.8 Å². The third-order valence-electron chi connectivity index (χ3n) is 2.45. The smallest absolute Gasteiger partial charge is 0.158 e. The van der Waals surface area contributed by atoms with Crippen LogP contribution in [0.5, 0.6) is 0 Å². The summed E-state index contributed by atoms with van der Waals surface area (Å²) in [5, 5.41) is 2.89. The van der Waals surface area contributed by atoms with E-state index in [-0.39, 0.29) is 12.4 Å². The Kier molecular flexibility index (Phi) is 3.91. The average Bonchev–Trinajstić information content (AvgIpc) is 2.33. The molecule has 5 nitrogen and oxygen atoms in total. The van der Waals surface area contributed by atoms with Crippen LogP contribution in [0.2, 0.25) is 0 Å². The van der Waals surface area contributed by atoms with E-state index in [1.54, 1.807) is 25.3 Å². The van der Waals surface area contributed by atoms with Crippen molar-refractivity contribution in [1.82, 2.24) is 9.97 Å². The van der Waals surface area contributed by atoms with Crippen molar-refractivity contribution < 1.29 is 9.13 Å². The average molecular weight is 262 g/mol. The first-order valence-corrected chi connectivity index (χ1v) is 5.74. The van der Waals surface area contributed by atoms with Crippen molar-refractivity contribution in [3.8, 4) is 0 Å². The molecule has 0 spiro atoms. The number of halogens is 1. The molecule has 0 atom stereocenters. The Morgan fingerprint density at radius 1 is 1.32 bits per heavy atom. The molecule has 0 saturated carbocycles. The summed E-state index contributed by atoms with van der Waals surface area (Å²) in [6.07, 6.45) is 0.